The standard InChI is InChI=1S/C20H18ClN3O5/c1-20(12-5-6-15-16(9-12)29-8-7-28-15)18(26)24(19(27)23-20)11-17(25)22-14-4-2-3-13(21)10-14/h2-6,9-10H,7-8,11H2,1H3,(H,22,25)(H,23,27)/t20-/m0/s1. The number of hydrogen-bond acceptors (Lipinski definition) is 5. The minimum absolute atomic E-state index is 0.406. The molecule has 2 aliphatic rings. The first-order chi connectivity index (χ1) is 13.9. The van der Waals surface area contributed by atoms with Gasteiger partial charge >= 0.3 is 6.03 Å². The number of amides is 4. The molecule has 0 aliphatic carbocycles. The van der Waals surface area contributed by atoms with Crippen LogP contribution in [0.15, 0.2) is 42.5 Å². The van der Waals surface area contributed by atoms with Crippen LogP contribution in [0.2, 0.25) is 5.02 Å². The Labute approximate surface area is 171 Å². The highest BCUT2D eigenvalue weighted by Crippen LogP contribution is 2.36. The first kappa shape index (κ1) is 19.1. The summed E-state index contributed by atoms with van der Waals surface area (Å²) in [6.45, 7) is 2.03. The van der Waals surface area contributed by atoms with Crippen molar-refractivity contribution in [2.45, 2.75) is 12.5 Å². The number of fused-ring (bicyclic) bond motifs is 1. The van der Waals surface area contributed by atoms with Gasteiger partial charge in [0.2, 0.25) is 5.91 Å². The molecular weight excluding hydrogens is 398 g/mol. The van der Waals surface area contributed by atoms with E-state index >= 15 is 0 Å². The van der Waals surface area contributed by atoms with E-state index in [1.54, 1.807) is 49.4 Å². The molecule has 1 fully saturated rings. The van der Waals surface area contributed by atoms with Gasteiger partial charge < -0.3 is 20.1 Å². The summed E-state index contributed by atoms with van der Waals surface area (Å²) in [5.74, 6) is 0.0508. The average Bonchev–Trinajstić information content (AvgIpc) is 2.91. The molecule has 4 rings (SSSR count). The molecule has 2 aromatic carbocycles. The van der Waals surface area contributed by atoms with Crippen molar-refractivity contribution in [3.05, 3.63) is 53.1 Å². The fourth-order valence-electron chi connectivity index (χ4n) is 3.30. The van der Waals surface area contributed by atoms with Crippen molar-refractivity contribution in [2.24, 2.45) is 0 Å². The Morgan fingerprint density at radius 3 is 2.69 bits per heavy atom. The van der Waals surface area contributed by atoms with Gasteiger partial charge in [0, 0.05) is 10.7 Å². The number of halogens is 1. The van der Waals surface area contributed by atoms with Crippen molar-refractivity contribution < 1.29 is 23.9 Å². The molecule has 1 atom stereocenters. The minimum atomic E-state index is -1.32. The van der Waals surface area contributed by atoms with Crippen molar-refractivity contribution in [2.75, 3.05) is 25.1 Å². The summed E-state index contributed by atoms with van der Waals surface area (Å²) in [6, 6.07) is 11.0. The van der Waals surface area contributed by atoms with E-state index in [4.69, 9.17) is 21.1 Å². The number of nitrogens with zero attached hydrogens (tertiary/aromatic N) is 1. The minimum Gasteiger partial charge on any atom is -0.486 e. The van der Waals surface area contributed by atoms with Gasteiger partial charge in [-0.3, -0.25) is 14.5 Å². The molecule has 2 aromatic rings. The lowest BCUT2D eigenvalue weighted by atomic mass is 9.91. The van der Waals surface area contributed by atoms with E-state index in [1.165, 1.54) is 0 Å². The van der Waals surface area contributed by atoms with Crippen LogP contribution in [-0.2, 0) is 15.1 Å². The molecule has 8 nitrogen and oxygen atoms in total. The molecule has 150 valence electrons. The molecule has 2 N–H and O–H groups in total. The van der Waals surface area contributed by atoms with Crippen LogP contribution in [0.4, 0.5) is 10.5 Å². The molecule has 2 heterocycles. The third-order valence-corrected chi connectivity index (χ3v) is 5.04. The highest BCUT2D eigenvalue weighted by atomic mass is 35.5. The van der Waals surface area contributed by atoms with Crippen LogP contribution in [0.25, 0.3) is 0 Å². The van der Waals surface area contributed by atoms with E-state index in [0.29, 0.717) is 41.0 Å². The van der Waals surface area contributed by atoms with Crippen LogP contribution >= 0.6 is 11.6 Å². The van der Waals surface area contributed by atoms with Gasteiger partial charge in [-0.05, 0) is 42.8 Å². The monoisotopic (exact) mass is 415 g/mol. The first-order valence-electron chi connectivity index (χ1n) is 8.96. The number of imide groups is 1. The SMILES string of the molecule is C[C@@]1(c2ccc3c(c2)OCCO3)NC(=O)N(CC(=O)Nc2cccc(Cl)c2)C1=O. The number of urea groups is 1. The Morgan fingerprint density at radius 1 is 1.17 bits per heavy atom. The Kier molecular flexibility index (Phi) is 4.79. The molecule has 0 spiro atoms. The largest absolute Gasteiger partial charge is 0.486 e. The van der Waals surface area contributed by atoms with Gasteiger partial charge in [0.15, 0.2) is 11.5 Å². The second-order valence-corrected chi connectivity index (χ2v) is 7.30. The Hall–Kier alpha value is -3.26. The van der Waals surface area contributed by atoms with Crippen LogP contribution in [0.1, 0.15) is 12.5 Å². The molecule has 29 heavy (non-hydrogen) atoms. The zero-order valence-corrected chi connectivity index (χ0v) is 16.3. The molecule has 2 aliphatic heterocycles. The molecule has 0 bridgehead atoms. The van der Waals surface area contributed by atoms with E-state index in [2.05, 4.69) is 10.6 Å². The fraction of sp³-hybridized carbons (Fsp3) is 0.250. The lowest BCUT2D eigenvalue weighted by Crippen LogP contribution is -2.42. The number of nitrogens with one attached hydrogen (secondary N) is 2. The zero-order valence-electron chi connectivity index (χ0n) is 15.5. The molecule has 9 heteroatoms. The van der Waals surface area contributed by atoms with Gasteiger partial charge in [0.1, 0.15) is 25.3 Å². The molecule has 1 saturated heterocycles. The summed E-state index contributed by atoms with van der Waals surface area (Å²) in [5.41, 5.74) is -0.300. The first-order valence-corrected chi connectivity index (χ1v) is 9.34. The van der Waals surface area contributed by atoms with Crippen molar-refractivity contribution in [3.8, 4) is 11.5 Å². The topological polar surface area (TPSA) is 97.0 Å². The third kappa shape index (κ3) is 3.58. The van der Waals surface area contributed by atoms with Gasteiger partial charge in [0.05, 0.1) is 0 Å². The van der Waals surface area contributed by atoms with Crippen molar-refractivity contribution in [1.82, 2.24) is 10.2 Å². The lowest BCUT2D eigenvalue weighted by molar-refractivity contribution is -0.133. The second-order valence-electron chi connectivity index (χ2n) is 6.86. The molecule has 0 aromatic heterocycles. The van der Waals surface area contributed by atoms with Gasteiger partial charge in [-0.2, -0.15) is 0 Å². The number of ether oxygens (including phenoxy) is 2. The van der Waals surface area contributed by atoms with Gasteiger partial charge in [-0.25, -0.2) is 4.79 Å². The van der Waals surface area contributed by atoms with E-state index in [9.17, 15) is 14.4 Å². The van der Waals surface area contributed by atoms with Crippen LogP contribution < -0.4 is 20.1 Å². The maximum atomic E-state index is 13.0. The van der Waals surface area contributed by atoms with Crippen LogP contribution in [0.3, 0.4) is 0 Å². The molecule has 4 amide bonds. The Morgan fingerprint density at radius 2 is 1.93 bits per heavy atom. The van der Waals surface area contributed by atoms with Gasteiger partial charge in [-0.1, -0.05) is 23.7 Å². The Bertz CT molecular complexity index is 1010. The summed E-state index contributed by atoms with van der Waals surface area (Å²) in [4.78, 5) is 38.7. The Balaban J connectivity index is 1.51. The summed E-state index contributed by atoms with van der Waals surface area (Å²) < 4.78 is 11.1. The summed E-state index contributed by atoms with van der Waals surface area (Å²) in [7, 11) is 0. The highest BCUT2D eigenvalue weighted by Gasteiger charge is 2.49. The molecule has 0 unspecified atom stereocenters. The van der Waals surface area contributed by atoms with E-state index < -0.39 is 29.9 Å². The average molecular weight is 416 g/mol. The van der Waals surface area contributed by atoms with E-state index in [-0.39, 0.29) is 0 Å². The highest BCUT2D eigenvalue weighted by molar-refractivity contribution is 6.30. The third-order valence-electron chi connectivity index (χ3n) is 4.80. The summed E-state index contributed by atoms with van der Waals surface area (Å²) >= 11 is 5.90. The van der Waals surface area contributed by atoms with Crippen molar-refractivity contribution in [3.63, 3.8) is 0 Å². The predicted molar refractivity (Wildman–Crippen MR) is 105 cm³/mol. The maximum Gasteiger partial charge on any atom is 0.325 e. The van der Waals surface area contributed by atoms with Gasteiger partial charge in [0.25, 0.3) is 5.91 Å². The molecule has 0 saturated carbocycles. The zero-order chi connectivity index (χ0) is 20.6. The quantitative estimate of drug-likeness (QED) is 0.748. The van der Waals surface area contributed by atoms with Gasteiger partial charge in [-0.15, -0.1) is 0 Å². The number of carbonyl (C=O) groups is 3. The summed E-state index contributed by atoms with van der Waals surface area (Å²) in [5, 5.41) is 5.76. The smallest absolute Gasteiger partial charge is 0.325 e. The normalized spacial score (nSPS) is 20.4. The van der Waals surface area contributed by atoms with E-state index in [1.807, 2.05) is 0 Å². The summed E-state index contributed by atoms with van der Waals surface area (Å²) in [6.07, 6.45) is 0. The fourth-order valence-corrected chi connectivity index (χ4v) is 3.49. The van der Waals surface area contributed by atoms with Crippen molar-refractivity contribution >= 4 is 35.1 Å². The van der Waals surface area contributed by atoms with Crippen LogP contribution in [0.5, 0.6) is 11.5 Å². The number of hydrogen-bond donors (Lipinski definition) is 2. The number of anilines is 1. The predicted octanol–water partition coefficient (Wildman–Crippen LogP) is 2.52. The maximum absolute atomic E-state index is 13.0. The number of rotatable bonds is 4. The number of benzene rings is 2. The van der Waals surface area contributed by atoms with Crippen molar-refractivity contribution in [1.29, 1.82) is 0 Å². The van der Waals surface area contributed by atoms with Crippen LogP contribution in [-0.4, -0.2) is 42.5 Å². The second kappa shape index (κ2) is 7.29. The number of carbonyl (C=O) groups excluding carboxylic acids is 3. The molecule has 0 radical (unpaired) electrons. The lowest BCUT2D eigenvalue weighted by Gasteiger charge is -2.25. The molecular formula is C20H18ClN3O5. The van der Waals surface area contributed by atoms with Crippen LogP contribution in [0, 0.1) is 0 Å². The van der Waals surface area contributed by atoms with E-state index in [0.717, 1.165) is 4.90 Å².